The van der Waals surface area contributed by atoms with Crippen molar-refractivity contribution < 1.29 is 14.6 Å². The summed E-state index contributed by atoms with van der Waals surface area (Å²) in [6.45, 7) is 8.44. The summed E-state index contributed by atoms with van der Waals surface area (Å²) in [5.41, 5.74) is 6.52. The summed E-state index contributed by atoms with van der Waals surface area (Å²) in [6, 6.07) is 0. The summed E-state index contributed by atoms with van der Waals surface area (Å²) in [5, 5.41) is 12.2. The van der Waals surface area contributed by atoms with Crippen LogP contribution in [0.2, 0.25) is 0 Å². The third kappa shape index (κ3) is 4.94. The molecule has 3 rings (SSSR count). The first kappa shape index (κ1) is 19.5. The van der Waals surface area contributed by atoms with Crippen LogP contribution in [0.5, 0.6) is 0 Å². The fourth-order valence-electron chi connectivity index (χ4n) is 4.15. The molecule has 2 saturated heterocycles. The summed E-state index contributed by atoms with van der Waals surface area (Å²) in [4.78, 5) is 21.1. The van der Waals surface area contributed by atoms with E-state index in [4.69, 9.17) is 10.5 Å². The first-order valence-electron chi connectivity index (χ1n) is 9.41. The number of hydrogen-bond acceptors (Lipinski definition) is 7. The molecule has 7 nitrogen and oxygen atoms in total. The number of hydrogen-bond donors (Lipinski definition) is 2. The Morgan fingerprint density at radius 2 is 2.00 bits per heavy atom. The molecular formula is C18H30N4O3S. The number of nitrogens with two attached hydrogens (primary N) is 1. The molecule has 0 bridgehead atoms. The Labute approximate surface area is 159 Å². The zero-order valence-electron chi connectivity index (χ0n) is 15.6. The molecule has 1 aromatic rings. The number of anilines is 1. The van der Waals surface area contributed by atoms with Crippen LogP contribution in [0.25, 0.3) is 0 Å². The Balaban J connectivity index is 1.51. The lowest BCUT2D eigenvalue weighted by molar-refractivity contribution is -0.130. The van der Waals surface area contributed by atoms with E-state index in [1.807, 2.05) is 10.3 Å². The Morgan fingerprint density at radius 1 is 1.31 bits per heavy atom. The van der Waals surface area contributed by atoms with Gasteiger partial charge in [-0.05, 0) is 26.2 Å². The molecule has 0 aliphatic carbocycles. The van der Waals surface area contributed by atoms with Crippen LogP contribution in [-0.2, 0) is 16.0 Å². The lowest BCUT2D eigenvalue weighted by atomic mass is 9.96. The van der Waals surface area contributed by atoms with Gasteiger partial charge in [-0.1, -0.05) is 0 Å². The predicted octanol–water partition coefficient (Wildman–Crippen LogP) is 0.834. The number of aromatic nitrogens is 1. The molecular weight excluding hydrogens is 352 g/mol. The maximum absolute atomic E-state index is 12.6. The molecule has 2 fully saturated rings. The van der Waals surface area contributed by atoms with E-state index in [0.29, 0.717) is 30.4 Å². The number of aryl methyl sites for hydroxylation is 1. The van der Waals surface area contributed by atoms with Gasteiger partial charge in [-0.3, -0.25) is 9.69 Å². The van der Waals surface area contributed by atoms with Crippen LogP contribution in [0.15, 0.2) is 5.38 Å². The second-order valence-corrected chi connectivity index (χ2v) is 8.54. The number of morpholine rings is 1. The van der Waals surface area contributed by atoms with Gasteiger partial charge in [0.1, 0.15) is 0 Å². The van der Waals surface area contributed by atoms with E-state index in [0.717, 1.165) is 31.9 Å². The van der Waals surface area contributed by atoms with Crippen molar-refractivity contribution in [2.45, 2.75) is 38.9 Å². The number of likely N-dealkylation sites (tertiary alicyclic amines) is 1. The lowest BCUT2D eigenvalue weighted by Crippen LogP contribution is -2.48. The number of thiazole rings is 1. The smallest absolute Gasteiger partial charge is 0.222 e. The molecule has 3 N–H and O–H groups in total. The molecule has 0 aromatic carbocycles. The summed E-state index contributed by atoms with van der Waals surface area (Å²) < 4.78 is 5.80. The van der Waals surface area contributed by atoms with E-state index in [-0.39, 0.29) is 30.6 Å². The van der Waals surface area contributed by atoms with Gasteiger partial charge in [0.05, 0.1) is 17.9 Å². The second-order valence-electron chi connectivity index (χ2n) is 7.65. The van der Waals surface area contributed by atoms with Gasteiger partial charge in [0.15, 0.2) is 5.13 Å². The quantitative estimate of drug-likeness (QED) is 0.757. The van der Waals surface area contributed by atoms with Gasteiger partial charge in [-0.2, -0.15) is 0 Å². The van der Waals surface area contributed by atoms with E-state index in [9.17, 15) is 9.90 Å². The molecule has 4 atom stereocenters. The van der Waals surface area contributed by atoms with Gasteiger partial charge in [0, 0.05) is 57.0 Å². The van der Waals surface area contributed by atoms with Gasteiger partial charge in [0.25, 0.3) is 0 Å². The minimum absolute atomic E-state index is 0.131. The molecule has 1 amide bonds. The first-order chi connectivity index (χ1) is 12.4. The number of nitrogen functional groups attached to an aromatic ring is 1. The molecule has 0 spiro atoms. The highest BCUT2D eigenvalue weighted by atomic mass is 32.1. The van der Waals surface area contributed by atoms with Crippen molar-refractivity contribution >= 4 is 22.4 Å². The highest BCUT2D eigenvalue weighted by Crippen LogP contribution is 2.26. The second kappa shape index (κ2) is 8.65. The molecule has 26 heavy (non-hydrogen) atoms. The molecule has 2 aliphatic rings. The zero-order valence-corrected chi connectivity index (χ0v) is 16.5. The van der Waals surface area contributed by atoms with Crippen LogP contribution in [0, 0.1) is 11.8 Å². The average molecular weight is 383 g/mol. The predicted molar refractivity (Wildman–Crippen MR) is 102 cm³/mol. The third-order valence-electron chi connectivity index (χ3n) is 5.32. The van der Waals surface area contributed by atoms with Gasteiger partial charge in [0.2, 0.25) is 5.91 Å². The van der Waals surface area contributed by atoms with Crippen LogP contribution in [0.4, 0.5) is 5.13 Å². The number of ether oxygens (including phenoxy) is 1. The van der Waals surface area contributed by atoms with Crippen molar-refractivity contribution in [3.63, 3.8) is 0 Å². The number of amides is 1. The van der Waals surface area contributed by atoms with Crippen LogP contribution < -0.4 is 5.73 Å². The minimum Gasteiger partial charge on any atom is -0.396 e. The van der Waals surface area contributed by atoms with Crippen molar-refractivity contribution in [2.75, 3.05) is 45.1 Å². The summed E-state index contributed by atoms with van der Waals surface area (Å²) in [6.07, 6.45) is 1.53. The topological polar surface area (TPSA) is 91.9 Å². The highest BCUT2D eigenvalue weighted by Gasteiger charge is 2.36. The summed E-state index contributed by atoms with van der Waals surface area (Å²) in [5.74, 6) is 0.611. The monoisotopic (exact) mass is 382 g/mol. The molecule has 146 valence electrons. The summed E-state index contributed by atoms with van der Waals surface area (Å²) >= 11 is 1.41. The highest BCUT2D eigenvalue weighted by molar-refractivity contribution is 7.13. The Bertz CT molecular complexity index is 601. The number of aliphatic hydroxyl groups excluding tert-OH is 1. The Hall–Kier alpha value is -1.22. The number of carbonyl (C=O) groups is 1. The molecule has 1 aromatic heterocycles. The minimum atomic E-state index is 0.131. The fourth-order valence-corrected chi connectivity index (χ4v) is 4.75. The van der Waals surface area contributed by atoms with Crippen molar-refractivity contribution in [1.29, 1.82) is 0 Å². The summed E-state index contributed by atoms with van der Waals surface area (Å²) in [7, 11) is 0. The van der Waals surface area contributed by atoms with Crippen molar-refractivity contribution in [3.05, 3.63) is 11.1 Å². The van der Waals surface area contributed by atoms with Crippen LogP contribution in [-0.4, -0.2) is 77.3 Å². The van der Waals surface area contributed by atoms with Gasteiger partial charge < -0.3 is 20.5 Å². The van der Waals surface area contributed by atoms with Crippen molar-refractivity contribution in [2.24, 2.45) is 11.8 Å². The van der Waals surface area contributed by atoms with E-state index < -0.39 is 0 Å². The van der Waals surface area contributed by atoms with E-state index in [1.165, 1.54) is 11.3 Å². The van der Waals surface area contributed by atoms with E-state index in [1.54, 1.807) is 0 Å². The normalized spacial score (nSPS) is 30.0. The molecule has 3 heterocycles. The molecule has 0 unspecified atom stereocenters. The van der Waals surface area contributed by atoms with Gasteiger partial charge in [-0.25, -0.2) is 4.98 Å². The number of carbonyl (C=O) groups excluding carboxylic acids is 1. The number of aliphatic hydroxyl groups is 1. The molecule has 2 aliphatic heterocycles. The average Bonchev–Trinajstić information content (AvgIpc) is 3.17. The van der Waals surface area contributed by atoms with Crippen molar-refractivity contribution in [1.82, 2.24) is 14.8 Å². The fraction of sp³-hybridized carbons (Fsp3) is 0.778. The lowest BCUT2D eigenvalue weighted by Gasteiger charge is -2.37. The molecule has 0 saturated carbocycles. The van der Waals surface area contributed by atoms with Crippen LogP contribution >= 0.6 is 11.3 Å². The maximum atomic E-state index is 12.6. The van der Waals surface area contributed by atoms with E-state index >= 15 is 0 Å². The SMILES string of the molecule is C[C@@H]1CN(C[C@H]2CN(C(=O)CCc3csc(N)n3)C[C@H]2CO)C[C@H](C)O1. The Kier molecular flexibility index (Phi) is 6.50. The maximum Gasteiger partial charge on any atom is 0.222 e. The third-order valence-corrected chi connectivity index (χ3v) is 6.04. The standard InChI is InChI=1S/C18H30N4O3S/c1-12-5-21(6-13(2)25-12)7-14-8-22(9-15(14)10-23)17(24)4-3-16-11-26-18(19)20-16/h11-15,23H,3-10H2,1-2H3,(H2,19,20)/t12-,13+,14-,15-/m0/s1. The largest absolute Gasteiger partial charge is 0.396 e. The Morgan fingerprint density at radius 3 is 2.62 bits per heavy atom. The van der Waals surface area contributed by atoms with Crippen molar-refractivity contribution in [3.8, 4) is 0 Å². The van der Waals surface area contributed by atoms with Crippen LogP contribution in [0.1, 0.15) is 26.0 Å². The van der Waals surface area contributed by atoms with Crippen LogP contribution in [0.3, 0.4) is 0 Å². The van der Waals surface area contributed by atoms with Gasteiger partial charge in [-0.15, -0.1) is 11.3 Å². The number of nitrogens with zero attached hydrogens (tertiary/aromatic N) is 3. The first-order valence-corrected chi connectivity index (χ1v) is 10.3. The molecule has 8 heteroatoms. The number of rotatable bonds is 6. The molecule has 0 radical (unpaired) electrons. The zero-order chi connectivity index (χ0) is 18.7. The van der Waals surface area contributed by atoms with E-state index in [2.05, 4.69) is 23.7 Å². The van der Waals surface area contributed by atoms with Gasteiger partial charge >= 0.3 is 0 Å².